The van der Waals surface area contributed by atoms with Crippen LogP contribution in [-0.2, 0) is 11.2 Å². The molecule has 0 unspecified atom stereocenters. The minimum absolute atomic E-state index is 0.298. The van der Waals surface area contributed by atoms with E-state index in [1.807, 2.05) is 20.8 Å². The minimum atomic E-state index is -0.489. The molecule has 4 saturated carbocycles. The summed E-state index contributed by atoms with van der Waals surface area (Å²) in [6.07, 6.45) is 10.3. The number of amides is 1. The lowest BCUT2D eigenvalue weighted by Crippen LogP contribution is -2.47. The Morgan fingerprint density at radius 2 is 1.86 bits per heavy atom. The topological polar surface area (TPSA) is 103 Å². The Labute approximate surface area is 173 Å². The molecule has 0 spiro atoms. The van der Waals surface area contributed by atoms with E-state index in [2.05, 4.69) is 15.5 Å². The maximum Gasteiger partial charge on any atom is 0.407 e. The van der Waals surface area contributed by atoms with Crippen molar-refractivity contribution >= 4 is 6.09 Å². The molecular weight excluding hydrogens is 368 g/mol. The van der Waals surface area contributed by atoms with Gasteiger partial charge in [-0.05, 0) is 95.3 Å². The molecule has 1 aromatic heterocycles. The monoisotopic (exact) mass is 404 g/mol. The van der Waals surface area contributed by atoms with Crippen LogP contribution in [0.5, 0.6) is 0 Å². The molecule has 5 rings (SSSR count). The molecule has 4 aliphatic rings. The first-order chi connectivity index (χ1) is 13.7. The fraction of sp³-hybridized carbons (Fsp3) is 0.864. The van der Waals surface area contributed by atoms with E-state index >= 15 is 0 Å². The first kappa shape index (κ1) is 20.6. The van der Waals surface area contributed by atoms with Crippen LogP contribution < -0.4 is 11.1 Å². The highest BCUT2D eigenvalue weighted by Gasteiger charge is 2.51. The van der Waals surface area contributed by atoms with E-state index in [9.17, 15) is 4.79 Å². The van der Waals surface area contributed by atoms with Gasteiger partial charge in [-0.3, -0.25) is 0 Å². The van der Waals surface area contributed by atoms with Gasteiger partial charge >= 0.3 is 6.09 Å². The van der Waals surface area contributed by atoms with Crippen LogP contribution in [0.25, 0.3) is 0 Å². The maximum atomic E-state index is 11.7. The van der Waals surface area contributed by atoms with Gasteiger partial charge in [-0.1, -0.05) is 5.16 Å². The van der Waals surface area contributed by atoms with Crippen molar-refractivity contribution in [2.75, 3.05) is 6.54 Å². The molecule has 0 radical (unpaired) electrons. The molecule has 1 amide bonds. The molecule has 0 saturated heterocycles. The molecule has 0 aliphatic heterocycles. The fourth-order valence-electron chi connectivity index (χ4n) is 6.28. The Morgan fingerprint density at radius 3 is 2.45 bits per heavy atom. The normalized spacial score (nSPS) is 31.7. The lowest BCUT2D eigenvalue weighted by atomic mass is 9.49. The van der Waals surface area contributed by atoms with E-state index < -0.39 is 11.7 Å². The van der Waals surface area contributed by atoms with Crippen LogP contribution in [0.2, 0.25) is 0 Å². The predicted molar refractivity (Wildman–Crippen MR) is 109 cm³/mol. The molecule has 0 aromatic carbocycles. The standard InChI is InChI=1S/C22H36N4O3/c1-21(2,3)28-20(27)24-6-4-5-17(23)19-25-18(26-29-19)13-22-10-14-7-15(11-22)9-16(8-14)12-22/h14-17H,4-13,23H2,1-3H3,(H,24,27)/t14?,15?,16?,17-,22?/m0/s1. The van der Waals surface area contributed by atoms with Gasteiger partial charge in [-0.25, -0.2) is 4.79 Å². The van der Waals surface area contributed by atoms with Crippen LogP contribution in [-0.4, -0.2) is 28.4 Å². The minimum Gasteiger partial charge on any atom is -0.444 e. The van der Waals surface area contributed by atoms with Crippen molar-refractivity contribution in [3.63, 3.8) is 0 Å². The van der Waals surface area contributed by atoms with E-state index in [1.54, 1.807) is 0 Å². The van der Waals surface area contributed by atoms with Gasteiger partial charge in [0.1, 0.15) is 5.60 Å². The molecular formula is C22H36N4O3. The lowest BCUT2D eigenvalue weighted by Gasteiger charge is -2.56. The first-order valence-corrected chi connectivity index (χ1v) is 11.2. The number of alkyl carbamates (subject to hydrolysis) is 1. The van der Waals surface area contributed by atoms with Crippen LogP contribution in [0.1, 0.15) is 89.9 Å². The molecule has 7 heteroatoms. The van der Waals surface area contributed by atoms with Crippen molar-refractivity contribution in [2.24, 2.45) is 28.9 Å². The fourth-order valence-corrected chi connectivity index (χ4v) is 6.28. The third-order valence-corrected chi connectivity index (χ3v) is 6.86. The molecule has 29 heavy (non-hydrogen) atoms. The molecule has 1 aromatic rings. The zero-order valence-corrected chi connectivity index (χ0v) is 18.1. The Balaban J connectivity index is 1.23. The highest BCUT2D eigenvalue weighted by Crippen LogP contribution is 2.60. The molecule has 1 heterocycles. The lowest BCUT2D eigenvalue weighted by molar-refractivity contribution is -0.0533. The summed E-state index contributed by atoms with van der Waals surface area (Å²) < 4.78 is 10.7. The smallest absolute Gasteiger partial charge is 0.407 e. The van der Waals surface area contributed by atoms with Crippen molar-refractivity contribution in [3.05, 3.63) is 11.7 Å². The van der Waals surface area contributed by atoms with E-state index in [0.717, 1.165) is 36.4 Å². The van der Waals surface area contributed by atoms with Gasteiger partial charge in [0.15, 0.2) is 5.82 Å². The third kappa shape index (κ3) is 5.11. The van der Waals surface area contributed by atoms with Crippen LogP contribution in [0, 0.1) is 23.2 Å². The highest BCUT2D eigenvalue weighted by molar-refractivity contribution is 5.67. The quantitative estimate of drug-likeness (QED) is 0.662. The number of nitrogens with zero attached hydrogens (tertiary/aromatic N) is 2. The Morgan fingerprint density at radius 1 is 1.24 bits per heavy atom. The van der Waals surface area contributed by atoms with E-state index in [-0.39, 0.29) is 6.04 Å². The van der Waals surface area contributed by atoms with Crippen molar-refractivity contribution in [2.45, 2.75) is 90.2 Å². The van der Waals surface area contributed by atoms with Crippen molar-refractivity contribution in [1.29, 1.82) is 0 Å². The Bertz CT molecular complexity index is 689. The Kier molecular flexibility index (Phi) is 5.62. The van der Waals surface area contributed by atoms with E-state index in [0.29, 0.717) is 24.3 Å². The summed E-state index contributed by atoms with van der Waals surface area (Å²) in [6, 6.07) is -0.298. The number of hydrogen-bond acceptors (Lipinski definition) is 6. The summed E-state index contributed by atoms with van der Waals surface area (Å²) in [5, 5.41) is 7.01. The molecule has 7 nitrogen and oxygen atoms in total. The first-order valence-electron chi connectivity index (χ1n) is 11.2. The number of aromatic nitrogens is 2. The van der Waals surface area contributed by atoms with Crippen molar-refractivity contribution in [1.82, 2.24) is 15.5 Å². The van der Waals surface area contributed by atoms with Gasteiger partial charge in [0.05, 0.1) is 6.04 Å². The average molecular weight is 405 g/mol. The van der Waals surface area contributed by atoms with Gasteiger partial charge < -0.3 is 20.3 Å². The zero-order valence-electron chi connectivity index (χ0n) is 18.1. The van der Waals surface area contributed by atoms with Gasteiger partial charge in [0.2, 0.25) is 5.89 Å². The van der Waals surface area contributed by atoms with E-state index in [4.69, 9.17) is 15.0 Å². The zero-order chi connectivity index (χ0) is 20.6. The molecule has 3 N–H and O–H groups in total. The molecule has 1 atom stereocenters. The second-order valence-electron chi connectivity index (χ2n) is 10.8. The van der Waals surface area contributed by atoms with Crippen LogP contribution in [0.3, 0.4) is 0 Å². The predicted octanol–water partition coefficient (Wildman–Crippen LogP) is 4.13. The summed E-state index contributed by atoms with van der Waals surface area (Å²) >= 11 is 0. The number of ether oxygens (including phenoxy) is 1. The molecule has 4 bridgehead atoms. The number of rotatable bonds is 7. The van der Waals surface area contributed by atoms with Gasteiger partial charge in [-0.2, -0.15) is 4.98 Å². The summed E-state index contributed by atoms with van der Waals surface area (Å²) in [5.74, 6) is 4.11. The second-order valence-corrected chi connectivity index (χ2v) is 10.8. The number of nitrogens with two attached hydrogens (primary N) is 1. The molecule has 4 fully saturated rings. The maximum absolute atomic E-state index is 11.7. The van der Waals surface area contributed by atoms with Crippen LogP contribution in [0.4, 0.5) is 4.79 Å². The Hall–Kier alpha value is -1.63. The SMILES string of the molecule is CC(C)(C)OC(=O)NCCC[C@H](N)c1nc(CC23CC4CC(CC(C4)C2)C3)no1. The van der Waals surface area contributed by atoms with Gasteiger partial charge in [0, 0.05) is 13.0 Å². The largest absolute Gasteiger partial charge is 0.444 e. The highest BCUT2D eigenvalue weighted by atomic mass is 16.6. The van der Waals surface area contributed by atoms with E-state index in [1.165, 1.54) is 38.5 Å². The van der Waals surface area contributed by atoms with Gasteiger partial charge in [-0.15, -0.1) is 0 Å². The van der Waals surface area contributed by atoms with Crippen LogP contribution in [0.15, 0.2) is 4.52 Å². The second kappa shape index (κ2) is 7.89. The summed E-state index contributed by atoms with van der Waals surface area (Å²) in [4.78, 5) is 16.3. The third-order valence-electron chi connectivity index (χ3n) is 6.86. The summed E-state index contributed by atoms with van der Waals surface area (Å²) in [5.41, 5.74) is 6.16. The number of carbonyl (C=O) groups excluding carboxylic acids is 1. The summed E-state index contributed by atoms with van der Waals surface area (Å²) in [6.45, 7) is 6.05. The average Bonchev–Trinajstić information content (AvgIpc) is 3.03. The molecule has 162 valence electrons. The van der Waals surface area contributed by atoms with Gasteiger partial charge in [0.25, 0.3) is 0 Å². The van der Waals surface area contributed by atoms with Crippen molar-refractivity contribution in [3.8, 4) is 0 Å². The van der Waals surface area contributed by atoms with Crippen molar-refractivity contribution < 1.29 is 14.1 Å². The summed E-state index contributed by atoms with van der Waals surface area (Å²) in [7, 11) is 0. The molecule has 4 aliphatic carbocycles. The number of nitrogens with one attached hydrogen (secondary N) is 1. The van der Waals surface area contributed by atoms with Crippen LogP contribution >= 0.6 is 0 Å². The number of hydrogen-bond donors (Lipinski definition) is 2. The number of carbonyl (C=O) groups is 1.